The molecule has 0 aromatic carbocycles. The quantitative estimate of drug-likeness (QED) is 0.498. The lowest BCUT2D eigenvalue weighted by Gasteiger charge is -2.05. The molecule has 1 aliphatic carbocycles. The third kappa shape index (κ3) is 7.23. The van der Waals surface area contributed by atoms with Gasteiger partial charge in [0, 0.05) is 13.0 Å². The summed E-state index contributed by atoms with van der Waals surface area (Å²) in [6, 6.07) is 0. The fourth-order valence-electron chi connectivity index (χ4n) is 1.40. The summed E-state index contributed by atoms with van der Waals surface area (Å²) in [7, 11) is 0. The number of hydrogen-bond acceptors (Lipinski definition) is 3. The molecule has 0 atom stereocenters. The van der Waals surface area contributed by atoms with Crippen molar-refractivity contribution in [3.8, 4) is 0 Å². The van der Waals surface area contributed by atoms with Crippen LogP contribution in [0.3, 0.4) is 0 Å². The van der Waals surface area contributed by atoms with Crippen LogP contribution in [0.4, 0.5) is 0 Å². The van der Waals surface area contributed by atoms with Crippen LogP contribution in [0.1, 0.15) is 32.1 Å². The molecule has 1 rings (SSSR count). The van der Waals surface area contributed by atoms with Crippen LogP contribution in [0.25, 0.3) is 0 Å². The fraction of sp³-hybridized carbons (Fsp3) is 0.818. The molecule has 1 amide bonds. The van der Waals surface area contributed by atoms with Crippen molar-refractivity contribution in [2.24, 2.45) is 5.92 Å². The zero-order valence-electron chi connectivity index (χ0n) is 9.50. The average molecular weight is 228 g/mol. The number of unbranched alkanes of at least 4 members (excludes halogenated alkanes) is 1. The number of amides is 1. The van der Waals surface area contributed by atoms with Crippen LogP contribution in [0, 0.1) is 5.92 Å². The van der Waals surface area contributed by atoms with Crippen LogP contribution < -0.4 is 10.6 Å². The van der Waals surface area contributed by atoms with E-state index in [4.69, 9.17) is 5.11 Å². The molecule has 0 aromatic heterocycles. The number of aliphatic carboxylic acids is 1. The third-order valence-corrected chi connectivity index (χ3v) is 2.56. The lowest BCUT2D eigenvalue weighted by molar-refractivity contribution is -0.137. The van der Waals surface area contributed by atoms with Crippen molar-refractivity contribution in [2.45, 2.75) is 32.1 Å². The van der Waals surface area contributed by atoms with E-state index < -0.39 is 5.97 Å². The Kier molecular flexibility index (Phi) is 5.85. The summed E-state index contributed by atoms with van der Waals surface area (Å²) in [6.07, 6.45) is 4.08. The standard InChI is InChI=1S/C11H20N2O3/c14-10(8-12-7-9-4-5-9)13-6-2-1-3-11(15)16/h9,12H,1-8H2,(H,13,14)(H,15,16). The van der Waals surface area contributed by atoms with Crippen LogP contribution in [-0.4, -0.2) is 36.6 Å². The zero-order chi connectivity index (χ0) is 11.8. The number of rotatable bonds is 9. The molecule has 3 N–H and O–H groups in total. The van der Waals surface area contributed by atoms with Crippen molar-refractivity contribution < 1.29 is 14.7 Å². The van der Waals surface area contributed by atoms with E-state index in [0.717, 1.165) is 18.9 Å². The molecular weight excluding hydrogens is 208 g/mol. The Balaban J connectivity index is 1.83. The molecule has 1 fully saturated rings. The molecule has 0 heterocycles. The monoisotopic (exact) mass is 228 g/mol. The van der Waals surface area contributed by atoms with Crippen LogP contribution in [0.2, 0.25) is 0 Å². The number of carboxylic acid groups (broad SMARTS) is 1. The highest BCUT2D eigenvalue weighted by molar-refractivity contribution is 5.77. The van der Waals surface area contributed by atoms with Crippen LogP contribution in [-0.2, 0) is 9.59 Å². The SMILES string of the molecule is O=C(O)CCCCNC(=O)CNCC1CC1. The summed E-state index contributed by atoms with van der Waals surface area (Å²) in [5, 5.41) is 14.3. The minimum atomic E-state index is -0.780. The molecule has 0 aromatic rings. The molecule has 1 saturated carbocycles. The summed E-state index contributed by atoms with van der Waals surface area (Å²) in [4.78, 5) is 21.5. The Morgan fingerprint density at radius 2 is 2.00 bits per heavy atom. The third-order valence-electron chi connectivity index (χ3n) is 2.56. The van der Waals surface area contributed by atoms with E-state index in [1.54, 1.807) is 0 Å². The van der Waals surface area contributed by atoms with Crippen molar-refractivity contribution in [3.63, 3.8) is 0 Å². The number of hydrogen-bond donors (Lipinski definition) is 3. The molecule has 1 aliphatic rings. The van der Waals surface area contributed by atoms with Crippen molar-refractivity contribution >= 4 is 11.9 Å². The zero-order valence-corrected chi connectivity index (χ0v) is 9.50. The van der Waals surface area contributed by atoms with Gasteiger partial charge in [-0.25, -0.2) is 0 Å². The molecule has 0 bridgehead atoms. The second-order valence-electron chi connectivity index (χ2n) is 4.28. The topological polar surface area (TPSA) is 78.4 Å². The summed E-state index contributed by atoms with van der Waals surface area (Å²) in [6.45, 7) is 1.87. The smallest absolute Gasteiger partial charge is 0.303 e. The van der Waals surface area contributed by atoms with Crippen LogP contribution >= 0.6 is 0 Å². The van der Waals surface area contributed by atoms with E-state index in [1.165, 1.54) is 12.8 Å². The van der Waals surface area contributed by atoms with E-state index >= 15 is 0 Å². The first-order valence-corrected chi connectivity index (χ1v) is 5.87. The molecular formula is C11H20N2O3. The molecule has 0 saturated heterocycles. The van der Waals surface area contributed by atoms with Crippen molar-refractivity contribution in [1.82, 2.24) is 10.6 Å². The number of nitrogens with one attached hydrogen (secondary N) is 2. The largest absolute Gasteiger partial charge is 0.481 e. The van der Waals surface area contributed by atoms with Gasteiger partial charge in [0.1, 0.15) is 0 Å². The predicted molar refractivity (Wildman–Crippen MR) is 60.1 cm³/mol. The number of carbonyl (C=O) groups is 2. The van der Waals surface area contributed by atoms with E-state index in [1.807, 2.05) is 0 Å². The van der Waals surface area contributed by atoms with Crippen LogP contribution in [0.15, 0.2) is 0 Å². The maximum Gasteiger partial charge on any atom is 0.303 e. The summed E-state index contributed by atoms with van der Waals surface area (Å²) in [5.74, 6) is -0.00299. The predicted octanol–water partition coefficient (Wildman–Crippen LogP) is 0.357. The normalized spacial score (nSPS) is 14.8. The second kappa shape index (κ2) is 7.22. The van der Waals surface area contributed by atoms with E-state index in [9.17, 15) is 9.59 Å². The Hall–Kier alpha value is -1.10. The molecule has 16 heavy (non-hydrogen) atoms. The average Bonchev–Trinajstić information content (AvgIpc) is 3.00. The van der Waals surface area contributed by atoms with Gasteiger partial charge in [0.25, 0.3) is 0 Å². The van der Waals surface area contributed by atoms with Gasteiger partial charge in [-0.15, -0.1) is 0 Å². The van der Waals surface area contributed by atoms with Gasteiger partial charge < -0.3 is 15.7 Å². The number of carbonyl (C=O) groups excluding carboxylic acids is 1. The first-order valence-electron chi connectivity index (χ1n) is 5.87. The maximum atomic E-state index is 11.3. The van der Waals surface area contributed by atoms with E-state index in [2.05, 4.69) is 10.6 Å². The Morgan fingerprint density at radius 1 is 1.25 bits per heavy atom. The number of carboxylic acids is 1. The van der Waals surface area contributed by atoms with Crippen molar-refractivity contribution in [1.29, 1.82) is 0 Å². The lowest BCUT2D eigenvalue weighted by Crippen LogP contribution is -2.35. The van der Waals surface area contributed by atoms with Crippen LogP contribution in [0.5, 0.6) is 0 Å². The fourth-order valence-corrected chi connectivity index (χ4v) is 1.40. The van der Waals surface area contributed by atoms with Gasteiger partial charge in [0.05, 0.1) is 6.54 Å². The lowest BCUT2D eigenvalue weighted by atomic mass is 10.2. The highest BCUT2D eigenvalue weighted by Crippen LogP contribution is 2.27. The van der Waals surface area contributed by atoms with Crippen molar-refractivity contribution in [3.05, 3.63) is 0 Å². The summed E-state index contributed by atoms with van der Waals surface area (Å²) < 4.78 is 0. The summed E-state index contributed by atoms with van der Waals surface area (Å²) >= 11 is 0. The first-order chi connectivity index (χ1) is 7.68. The van der Waals surface area contributed by atoms with Gasteiger partial charge >= 0.3 is 5.97 Å². The second-order valence-corrected chi connectivity index (χ2v) is 4.28. The highest BCUT2D eigenvalue weighted by atomic mass is 16.4. The minimum absolute atomic E-state index is 0.00373. The minimum Gasteiger partial charge on any atom is -0.481 e. The molecule has 5 heteroatoms. The molecule has 92 valence electrons. The Labute approximate surface area is 95.6 Å². The highest BCUT2D eigenvalue weighted by Gasteiger charge is 2.20. The van der Waals surface area contributed by atoms with E-state index in [0.29, 0.717) is 19.5 Å². The van der Waals surface area contributed by atoms with Gasteiger partial charge in [-0.2, -0.15) is 0 Å². The van der Waals surface area contributed by atoms with Gasteiger partial charge in [-0.1, -0.05) is 0 Å². The summed E-state index contributed by atoms with van der Waals surface area (Å²) in [5.41, 5.74) is 0. The van der Waals surface area contributed by atoms with Gasteiger partial charge in [0.15, 0.2) is 0 Å². The van der Waals surface area contributed by atoms with Gasteiger partial charge in [-0.3, -0.25) is 9.59 Å². The first kappa shape index (κ1) is 13.0. The molecule has 5 nitrogen and oxygen atoms in total. The van der Waals surface area contributed by atoms with Gasteiger partial charge in [0.2, 0.25) is 5.91 Å². The molecule has 0 radical (unpaired) electrons. The van der Waals surface area contributed by atoms with E-state index in [-0.39, 0.29) is 12.3 Å². The Bertz CT molecular complexity index is 239. The molecule has 0 spiro atoms. The van der Waals surface area contributed by atoms with Gasteiger partial charge in [-0.05, 0) is 38.1 Å². The molecule has 0 aliphatic heterocycles. The van der Waals surface area contributed by atoms with Crippen molar-refractivity contribution in [2.75, 3.05) is 19.6 Å². The Morgan fingerprint density at radius 3 is 2.62 bits per heavy atom. The molecule has 0 unspecified atom stereocenters. The maximum absolute atomic E-state index is 11.3.